The second-order valence-corrected chi connectivity index (χ2v) is 3.87. The van der Waals surface area contributed by atoms with E-state index in [0.29, 0.717) is 6.29 Å². The van der Waals surface area contributed by atoms with Crippen molar-refractivity contribution < 1.29 is 22.4 Å². The summed E-state index contributed by atoms with van der Waals surface area (Å²) in [7, 11) is 0. The first kappa shape index (κ1) is 13.3. The topological polar surface area (TPSA) is 17.1 Å². The summed E-state index contributed by atoms with van der Waals surface area (Å²) in [5.74, 6) is -1.01. The maximum atomic E-state index is 13.8. The van der Waals surface area contributed by atoms with Crippen LogP contribution in [-0.2, 0) is 6.18 Å². The fourth-order valence-corrected chi connectivity index (χ4v) is 1.86. The van der Waals surface area contributed by atoms with Crippen molar-refractivity contribution in [3.63, 3.8) is 0 Å². The molecule has 0 fully saturated rings. The second kappa shape index (κ2) is 4.84. The van der Waals surface area contributed by atoms with Crippen molar-refractivity contribution in [1.82, 2.24) is 0 Å². The Labute approximate surface area is 106 Å². The Morgan fingerprint density at radius 2 is 1.63 bits per heavy atom. The Kier molecular flexibility index (Phi) is 3.38. The van der Waals surface area contributed by atoms with E-state index in [-0.39, 0.29) is 11.1 Å². The molecule has 0 aliphatic heterocycles. The van der Waals surface area contributed by atoms with Crippen LogP contribution in [0.4, 0.5) is 17.6 Å². The first-order valence-corrected chi connectivity index (χ1v) is 5.35. The van der Waals surface area contributed by atoms with E-state index in [1.54, 1.807) is 0 Å². The van der Waals surface area contributed by atoms with Crippen LogP contribution < -0.4 is 0 Å². The number of hydrogen-bond acceptors (Lipinski definition) is 1. The highest BCUT2D eigenvalue weighted by Gasteiger charge is 2.35. The van der Waals surface area contributed by atoms with Crippen molar-refractivity contribution in [2.75, 3.05) is 0 Å². The van der Waals surface area contributed by atoms with E-state index in [1.165, 1.54) is 24.3 Å². The largest absolute Gasteiger partial charge is 0.417 e. The lowest BCUT2D eigenvalue weighted by Crippen LogP contribution is -2.09. The quantitative estimate of drug-likeness (QED) is 0.585. The van der Waals surface area contributed by atoms with Crippen molar-refractivity contribution in [2.45, 2.75) is 6.18 Å². The minimum Gasteiger partial charge on any atom is -0.298 e. The fraction of sp³-hybridized carbons (Fsp3) is 0.0714. The lowest BCUT2D eigenvalue weighted by molar-refractivity contribution is -0.137. The van der Waals surface area contributed by atoms with E-state index in [2.05, 4.69) is 0 Å². The van der Waals surface area contributed by atoms with Gasteiger partial charge < -0.3 is 0 Å². The summed E-state index contributed by atoms with van der Waals surface area (Å²) in [6, 6.07) is 8.31. The van der Waals surface area contributed by atoms with Gasteiger partial charge in [-0.2, -0.15) is 13.2 Å². The van der Waals surface area contributed by atoms with Gasteiger partial charge in [-0.05, 0) is 17.7 Å². The molecule has 2 aromatic carbocycles. The molecule has 0 radical (unpaired) electrons. The zero-order valence-electron chi connectivity index (χ0n) is 9.54. The molecule has 0 saturated heterocycles. The number of benzene rings is 2. The van der Waals surface area contributed by atoms with Crippen LogP contribution in [0.25, 0.3) is 11.1 Å². The van der Waals surface area contributed by atoms with E-state index in [0.717, 1.165) is 18.2 Å². The predicted octanol–water partition coefficient (Wildman–Crippen LogP) is 4.32. The van der Waals surface area contributed by atoms with Gasteiger partial charge in [-0.3, -0.25) is 4.79 Å². The van der Waals surface area contributed by atoms with Crippen molar-refractivity contribution in [3.05, 3.63) is 59.4 Å². The van der Waals surface area contributed by atoms with Crippen LogP contribution in [-0.4, -0.2) is 6.29 Å². The molecule has 0 aliphatic carbocycles. The van der Waals surface area contributed by atoms with Crippen LogP contribution >= 0.6 is 0 Å². The standard InChI is InChI=1S/C14H8F4O/c15-12-7-3-6-11(14(16,17)18)13(12)10-5-2-1-4-9(10)8-19/h1-8H. The summed E-state index contributed by atoms with van der Waals surface area (Å²) >= 11 is 0. The van der Waals surface area contributed by atoms with Gasteiger partial charge in [0, 0.05) is 11.1 Å². The highest BCUT2D eigenvalue weighted by molar-refractivity contribution is 5.88. The summed E-state index contributed by atoms with van der Waals surface area (Å²) in [4.78, 5) is 10.9. The van der Waals surface area contributed by atoms with E-state index in [4.69, 9.17) is 0 Å². The predicted molar refractivity (Wildman–Crippen MR) is 62.2 cm³/mol. The van der Waals surface area contributed by atoms with Crippen molar-refractivity contribution in [3.8, 4) is 11.1 Å². The SMILES string of the molecule is O=Cc1ccccc1-c1c(F)cccc1C(F)(F)F. The average Bonchev–Trinajstić information content (AvgIpc) is 2.37. The van der Waals surface area contributed by atoms with Crippen LogP contribution in [0.2, 0.25) is 0 Å². The highest BCUT2D eigenvalue weighted by Crippen LogP contribution is 2.39. The van der Waals surface area contributed by atoms with Gasteiger partial charge in [0.1, 0.15) is 5.82 Å². The van der Waals surface area contributed by atoms with Crippen LogP contribution in [0.3, 0.4) is 0 Å². The summed E-state index contributed by atoms with van der Waals surface area (Å²) in [6.07, 6.45) is -4.28. The molecule has 0 saturated carbocycles. The fourth-order valence-electron chi connectivity index (χ4n) is 1.86. The van der Waals surface area contributed by atoms with E-state index >= 15 is 0 Å². The highest BCUT2D eigenvalue weighted by atomic mass is 19.4. The number of rotatable bonds is 2. The van der Waals surface area contributed by atoms with Gasteiger partial charge in [0.05, 0.1) is 5.56 Å². The third kappa shape index (κ3) is 2.50. The molecule has 0 bridgehead atoms. The molecule has 19 heavy (non-hydrogen) atoms. The number of carbonyl (C=O) groups excluding carboxylic acids is 1. The molecule has 5 heteroatoms. The molecule has 0 spiro atoms. The van der Waals surface area contributed by atoms with E-state index in [1.807, 2.05) is 0 Å². The minimum absolute atomic E-state index is 0.0121. The summed E-state index contributed by atoms with van der Waals surface area (Å²) < 4.78 is 52.5. The smallest absolute Gasteiger partial charge is 0.298 e. The summed E-state index contributed by atoms with van der Waals surface area (Å²) in [5.41, 5.74) is -1.75. The molecule has 0 heterocycles. The van der Waals surface area contributed by atoms with Crippen molar-refractivity contribution in [2.24, 2.45) is 0 Å². The summed E-state index contributed by atoms with van der Waals surface area (Å²) in [6.45, 7) is 0. The van der Waals surface area contributed by atoms with Gasteiger partial charge in [-0.15, -0.1) is 0 Å². The first-order valence-electron chi connectivity index (χ1n) is 5.35. The Bertz CT molecular complexity index is 617. The van der Waals surface area contributed by atoms with Gasteiger partial charge >= 0.3 is 6.18 Å². The second-order valence-electron chi connectivity index (χ2n) is 3.87. The third-order valence-electron chi connectivity index (χ3n) is 2.68. The molecule has 0 unspecified atom stereocenters. The maximum absolute atomic E-state index is 13.8. The summed E-state index contributed by atoms with van der Waals surface area (Å²) in [5, 5.41) is 0. The van der Waals surface area contributed by atoms with Crippen molar-refractivity contribution >= 4 is 6.29 Å². The Morgan fingerprint density at radius 1 is 0.947 bits per heavy atom. The number of hydrogen-bond donors (Lipinski definition) is 0. The Hall–Kier alpha value is -2.17. The van der Waals surface area contributed by atoms with E-state index < -0.39 is 23.1 Å². The molecular formula is C14H8F4O. The van der Waals surface area contributed by atoms with Gasteiger partial charge in [0.2, 0.25) is 0 Å². The molecular weight excluding hydrogens is 260 g/mol. The monoisotopic (exact) mass is 268 g/mol. The molecule has 2 rings (SSSR count). The molecule has 0 N–H and O–H groups in total. The van der Waals surface area contributed by atoms with Crippen LogP contribution in [0.15, 0.2) is 42.5 Å². The number of aldehydes is 1. The van der Waals surface area contributed by atoms with Crippen LogP contribution in [0.5, 0.6) is 0 Å². The van der Waals surface area contributed by atoms with Crippen LogP contribution in [0.1, 0.15) is 15.9 Å². The normalized spacial score (nSPS) is 11.4. The molecule has 2 aromatic rings. The maximum Gasteiger partial charge on any atom is 0.417 e. The van der Waals surface area contributed by atoms with Gasteiger partial charge in [-0.25, -0.2) is 4.39 Å². The van der Waals surface area contributed by atoms with Gasteiger partial charge in [0.25, 0.3) is 0 Å². The average molecular weight is 268 g/mol. The number of halogens is 4. The molecule has 98 valence electrons. The zero-order chi connectivity index (χ0) is 14.0. The van der Waals surface area contributed by atoms with E-state index in [9.17, 15) is 22.4 Å². The Balaban J connectivity index is 2.78. The van der Waals surface area contributed by atoms with Gasteiger partial charge in [0.15, 0.2) is 6.29 Å². The lowest BCUT2D eigenvalue weighted by atomic mass is 9.95. The third-order valence-corrected chi connectivity index (χ3v) is 2.68. The molecule has 1 nitrogen and oxygen atoms in total. The lowest BCUT2D eigenvalue weighted by Gasteiger charge is -2.14. The molecule has 0 amide bonds. The first-order chi connectivity index (χ1) is 8.95. The van der Waals surface area contributed by atoms with Gasteiger partial charge in [-0.1, -0.05) is 30.3 Å². The van der Waals surface area contributed by atoms with Crippen LogP contribution in [0, 0.1) is 5.82 Å². The zero-order valence-corrected chi connectivity index (χ0v) is 9.54. The molecule has 0 aromatic heterocycles. The Morgan fingerprint density at radius 3 is 2.26 bits per heavy atom. The number of carbonyl (C=O) groups is 1. The molecule has 0 aliphatic rings. The molecule has 0 atom stereocenters. The minimum atomic E-state index is -4.69. The van der Waals surface area contributed by atoms with Crippen molar-refractivity contribution in [1.29, 1.82) is 0 Å². The number of alkyl halides is 3.